The smallest absolute Gasteiger partial charge is 0.253 e. The summed E-state index contributed by atoms with van der Waals surface area (Å²) in [6, 6.07) is 2.66. The van der Waals surface area contributed by atoms with Crippen molar-refractivity contribution in [1.82, 2.24) is 10.6 Å². The van der Waals surface area contributed by atoms with Crippen LogP contribution in [0.15, 0.2) is 23.2 Å². The SMILES string of the molecule is CCCN=C1NC(=O)C(c2ccc(F)c(F)c2)N1. The number of hydrogen-bond acceptors (Lipinski definition) is 2. The maximum Gasteiger partial charge on any atom is 0.253 e. The third-order valence-corrected chi connectivity index (χ3v) is 2.56. The molecule has 1 aromatic rings. The van der Waals surface area contributed by atoms with Gasteiger partial charge in [0.05, 0.1) is 0 Å². The van der Waals surface area contributed by atoms with E-state index < -0.39 is 17.7 Å². The quantitative estimate of drug-likeness (QED) is 0.857. The molecule has 0 radical (unpaired) electrons. The number of nitrogens with one attached hydrogen (secondary N) is 2. The molecule has 1 saturated heterocycles. The molecule has 1 aliphatic rings. The van der Waals surface area contributed by atoms with Gasteiger partial charge in [-0.15, -0.1) is 0 Å². The lowest BCUT2D eigenvalue weighted by Crippen LogP contribution is -2.25. The molecular formula is C12H13F2N3O. The normalized spacial score (nSPS) is 20.9. The molecule has 1 fully saturated rings. The van der Waals surface area contributed by atoms with Gasteiger partial charge in [0, 0.05) is 6.54 Å². The van der Waals surface area contributed by atoms with Crippen molar-refractivity contribution in [2.45, 2.75) is 19.4 Å². The molecule has 96 valence electrons. The summed E-state index contributed by atoms with van der Waals surface area (Å²) < 4.78 is 25.9. The van der Waals surface area contributed by atoms with Gasteiger partial charge in [0.15, 0.2) is 17.6 Å². The highest BCUT2D eigenvalue weighted by Gasteiger charge is 2.29. The van der Waals surface area contributed by atoms with E-state index in [1.54, 1.807) is 0 Å². The topological polar surface area (TPSA) is 53.5 Å². The van der Waals surface area contributed by atoms with Crippen LogP contribution in [0.4, 0.5) is 8.78 Å². The van der Waals surface area contributed by atoms with Crippen molar-refractivity contribution in [3.8, 4) is 0 Å². The first-order valence-electron chi connectivity index (χ1n) is 5.68. The summed E-state index contributed by atoms with van der Waals surface area (Å²) in [6.45, 7) is 2.56. The van der Waals surface area contributed by atoms with Crippen LogP contribution in [0.1, 0.15) is 24.9 Å². The Kier molecular flexibility index (Phi) is 3.55. The monoisotopic (exact) mass is 253 g/mol. The maximum absolute atomic E-state index is 13.1. The van der Waals surface area contributed by atoms with Gasteiger partial charge in [-0.05, 0) is 24.1 Å². The highest BCUT2D eigenvalue weighted by Crippen LogP contribution is 2.19. The lowest BCUT2D eigenvalue weighted by atomic mass is 10.1. The molecule has 0 spiro atoms. The van der Waals surface area contributed by atoms with Crippen LogP contribution in [0.5, 0.6) is 0 Å². The minimum atomic E-state index is -0.971. The Labute approximate surface area is 103 Å². The molecule has 18 heavy (non-hydrogen) atoms. The van der Waals surface area contributed by atoms with Gasteiger partial charge < -0.3 is 5.32 Å². The summed E-state index contributed by atoms with van der Waals surface area (Å²) in [7, 11) is 0. The third-order valence-electron chi connectivity index (χ3n) is 2.56. The number of guanidine groups is 1. The Morgan fingerprint density at radius 2 is 2.11 bits per heavy atom. The Balaban J connectivity index is 2.19. The predicted molar refractivity (Wildman–Crippen MR) is 63.0 cm³/mol. The Hall–Kier alpha value is -1.98. The van der Waals surface area contributed by atoms with Crippen molar-refractivity contribution in [2.75, 3.05) is 6.54 Å². The molecule has 1 aliphatic heterocycles. The van der Waals surface area contributed by atoms with Crippen LogP contribution >= 0.6 is 0 Å². The molecule has 1 amide bonds. The largest absolute Gasteiger partial charge is 0.340 e. The molecule has 0 bridgehead atoms. The number of amides is 1. The summed E-state index contributed by atoms with van der Waals surface area (Å²) in [6.07, 6.45) is 0.858. The number of hydrogen-bond donors (Lipinski definition) is 2. The number of carbonyl (C=O) groups excluding carboxylic acids is 1. The van der Waals surface area contributed by atoms with Gasteiger partial charge in [-0.25, -0.2) is 8.78 Å². The number of benzene rings is 1. The highest BCUT2D eigenvalue weighted by molar-refractivity contribution is 6.06. The van der Waals surface area contributed by atoms with Crippen LogP contribution in [-0.2, 0) is 4.79 Å². The summed E-state index contributed by atoms with van der Waals surface area (Å²) >= 11 is 0. The number of nitrogens with zero attached hydrogens (tertiary/aromatic N) is 1. The van der Waals surface area contributed by atoms with E-state index in [1.165, 1.54) is 6.07 Å². The van der Waals surface area contributed by atoms with Gasteiger partial charge in [0.2, 0.25) is 0 Å². The van der Waals surface area contributed by atoms with Gasteiger partial charge in [0.25, 0.3) is 5.91 Å². The number of rotatable bonds is 3. The van der Waals surface area contributed by atoms with Gasteiger partial charge in [0.1, 0.15) is 6.04 Å². The summed E-state index contributed by atoms with van der Waals surface area (Å²) in [5.74, 6) is -1.86. The van der Waals surface area contributed by atoms with Crippen molar-refractivity contribution in [3.05, 3.63) is 35.4 Å². The highest BCUT2D eigenvalue weighted by atomic mass is 19.2. The van der Waals surface area contributed by atoms with E-state index in [-0.39, 0.29) is 5.91 Å². The van der Waals surface area contributed by atoms with E-state index >= 15 is 0 Å². The second-order valence-corrected chi connectivity index (χ2v) is 3.97. The molecule has 6 heteroatoms. The second-order valence-electron chi connectivity index (χ2n) is 3.97. The second kappa shape index (κ2) is 5.12. The van der Waals surface area contributed by atoms with Gasteiger partial charge in [-0.1, -0.05) is 13.0 Å². The fraction of sp³-hybridized carbons (Fsp3) is 0.333. The zero-order valence-electron chi connectivity index (χ0n) is 9.84. The van der Waals surface area contributed by atoms with Crippen LogP contribution in [0, 0.1) is 11.6 Å². The molecule has 2 rings (SSSR count). The van der Waals surface area contributed by atoms with Crippen molar-refractivity contribution in [3.63, 3.8) is 0 Å². The fourth-order valence-corrected chi connectivity index (χ4v) is 1.66. The fourth-order valence-electron chi connectivity index (χ4n) is 1.66. The van der Waals surface area contributed by atoms with Gasteiger partial charge in [-0.3, -0.25) is 15.1 Å². The summed E-state index contributed by atoms with van der Waals surface area (Å²) in [4.78, 5) is 15.8. The van der Waals surface area contributed by atoms with E-state index in [9.17, 15) is 13.6 Å². The zero-order valence-corrected chi connectivity index (χ0v) is 9.84. The molecular weight excluding hydrogens is 240 g/mol. The average molecular weight is 253 g/mol. The van der Waals surface area contributed by atoms with E-state index in [0.29, 0.717) is 18.1 Å². The molecule has 2 N–H and O–H groups in total. The maximum atomic E-state index is 13.1. The predicted octanol–water partition coefficient (Wildman–Crippen LogP) is 1.49. The summed E-state index contributed by atoms with van der Waals surface area (Å²) in [5, 5.41) is 5.39. The van der Waals surface area contributed by atoms with E-state index in [2.05, 4.69) is 15.6 Å². The minimum Gasteiger partial charge on any atom is -0.340 e. The van der Waals surface area contributed by atoms with Crippen molar-refractivity contribution in [2.24, 2.45) is 4.99 Å². The van der Waals surface area contributed by atoms with Crippen LogP contribution in [0.3, 0.4) is 0 Å². The Morgan fingerprint density at radius 3 is 2.78 bits per heavy atom. The van der Waals surface area contributed by atoms with Crippen LogP contribution < -0.4 is 10.6 Å². The first-order valence-corrected chi connectivity index (χ1v) is 5.68. The molecule has 0 saturated carbocycles. The standard InChI is InChI=1S/C12H13F2N3O/c1-2-5-15-12-16-10(11(18)17-12)7-3-4-8(13)9(14)6-7/h3-4,6,10H,2,5H2,1H3,(H2,15,16,17,18). The molecule has 0 aromatic heterocycles. The van der Waals surface area contributed by atoms with E-state index in [4.69, 9.17) is 0 Å². The first-order chi connectivity index (χ1) is 8.61. The lowest BCUT2D eigenvalue weighted by molar-refractivity contribution is -0.120. The van der Waals surface area contributed by atoms with E-state index in [0.717, 1.165) is 18.6 Å². The molecule has 1 atom stereocenters. The van der Waals surface area contributed by atoms with Crippen molar-refractivity contribution >= 4 is 11.9 Å². The zero-order chi connectivity index (χ0) is 13.1. The van der Waals surface area contributed by atoms with Gasteiger partial charge >= 0.3 is 0 Å². The Morgan fingerprint density at radius 1 is 1.33 bits per heavy atom. The first kappa shape index (κ1) is 12.5. The number of aliphatic imine (C=N–C) groups is 1. The Bertz CT molecular complexity index is 502. The summed E-state index contributed by atoms with van der Waals surface area (Å²) in [5.41, 5.74) is 0.369. The number of carbonyl (C=O) groups is 1. The van der Waals surface area contributed by atoms with Crippen molar-refractivity contribution < 1.29 is 13.6 Å². The molecule has 0 aliphatic carbocycles. The molecule has 1 aromatic carbocycles. The molecule has 4 nitrogen and oxygen atoms in total. The average Bonchev–Trinajstić information content (AvgIpc) is 2.71. The van der Waals surface area contributed by atoms with Crippen LogP contribution in [0.2, 0.25) is 0 Å². The molecule has 1 heterocycles. The lowest BCUT2D eigenvalue weighted by Gasteiger charge is -2.08. The third kappa shape index (κ3) is 2.47. The van der Waals surface area contributed by atoms with E-state index in [1.807, 2.05) is 6.92 Å². The van der Waals surface area contributed by atoms with Crippen LogP contribution in [0.25, 0.3) is 0 Å². The van der Waals surface area contributed by atoms with Crippen molar-refractivity contribution in [1.29, 1.82) is 0 Å². The minimum absolute atomic E-state index is 0.323. The molecule has 1 unspecified atom stereocenters. The van der Waals surface area contributed by atoms with Gasteiger partial charge in [-0.2, -0.15) is 0 Å². The number of halogens is 2. The van der Waals surface area contributed by atoms with Crippen LogP contribution in [-0.4, -0.2) is 18.4 Å².